The third-order valence-electron chi connectivity index (χ3n) is 3.00. The summed E-state index contributed by atoms with van der Waals surface area (Å²) in [6, 6.07) is 10.8. The molecule has 0 aliphatic heterocycles. The summed E-state index contributed by atoms with van der Waals surface area (Å²) in [4.78, 5) is 2.11. The lowest BCUT2D eigenvalue weighted by molar-refractivity contribution is 0.553. The molecule has 3 heteroatoms. The van der Waals surface area contributed by atoms with Crippen molar-refractivity contribution in [1.29, 1.82) is 0 Å². The summed E-state index contributed by atoms with van der Waals surface area (Å²) >= 11 is 0. The van der Waals surface area contributed by atoms with Crippen LogP contribution in [0, 0.1) is 0 Å². The van der Waals surface area contributed by atoms with Crippen LogP contribution in [-0.2, 0) is 0 Å². The zero-order chi connectivity index (χ0) is 13.0. The first kappa shape index (κ1) is 12.7. The molecule has 0 saturated carbocycles. The molecule has 0 radical (unpaired) electrons. The lowest BCUT2D eigenvalue weighted by atomic mass is 10.0. The minimum Gasteiger partial charge on any atom is -0.472 e. The van der Waals surface area contributed by atoms with Gasteiger partial charge < -0.3 is 14.6 Å². The van der Waals surface area contributed by atoms with Gasteiger partial charge in [0.2, 0.25) is 0 Å². The first-order chi connectivity index (χ1) is 8.72. The molecule has 0 aliphatic rings. The van der Waals surface area contributed by atoms with Crippen LogP contribution in [0.25, 0.3) is 0 Å². The van der Waals surface area contributed by atoms with Crippen molar-refractivity contribution in [3.63, 3.8) is 0 Å². The van der Waals surface area contributed by atoms with E-state index in [0.29, 0.717) is 0 Å². The highest BCUT2D eigenvalue weighted by molar-refractivity contribution is 5.49. The van der Waals surface area contributed by atoms with E-state index in [1.807, 2.05) is 6.07 Å². The lowest BCUT2D eigenvalue weighted by Gasteiger charge is -2.20. The third-order valence-corrected chi connectivity index (χ3v) is 3.00. The summed E-state index contributed by atoms with van der Waals surface area (Å²) in [5.74, 6) is 0. The van der Waals surface area contributed by atoms with E-state index in [2.05, 4.69) is 55.5 Å². The zero-order valence-corrected chi connectivity index (χ0v) is 11.2. The van der Waals surface area contributed by atoms with E-state index in [9.17, 15) is 0 Å². The number of nitrogens with zero attached hydrogens (tertiary/aromatic N) is 1. The molecule has 1 atom stereocenters. The molecule has 0 saturated heterocycles. The average Bonchev–Trinajstić information content (AvgIpc) is 2.89. The Kier molecular flexibility index (Phi) is 4.05. The maximum atomic E-state index is 5.19. The molecular weight excluding hydrogens is 224 g/mol. The van der Waals surface area contributed by atoms with Gasteiger partial charge in [-0.1, -0.05) is 19.1 Å². The summed E-state index contributed by atoms with van der Waals surface area (Å²) in [6.07, 6.45) is 3.52. The average molecular weight is 244 g/mol. The second-order valence-electron chi connectivity index (χ2n) is 4.54. The maximum Gasteiger partial charge on any atom is 0.0953 e. The fraction of sp³-hybridized carbons (Fsp3) is 0.333. The van der Waals surface area contributed by atoms with Crippen LogP contribution in [0.5, 0.6) is 0 Å². The molecule has 96 valence electrons. The van der Waals surface area contributed by atoms with Crippen LogP contribution in [0.15, 0.2) is 47.3 Å². The van der Waals surface area contributed by atoms with Crippen LogP contribution in [0.3, 0.4) is 0 Å². The number of anilines is 1. The summed E-state index contributed by atoms with van der Waals surface area (Å²) in [7, 11) is 4.11. The molecule has 1 aromatic heterocycles. The van der Waals surface area contributed by atoms with Crippen LogP contribution in [0.2, 0.25) is 0 Å². The molecule has 0 fully saturated rings. The summed E-state index contributed by atoms with van der Waals surface area (Å²) < 4.78 is 5.19. The van der Waals surface area contributed by atoms with Crippen molar-refractivity contribution in [3.05, 3.63) is 54.0 Å². The molecule has 3 nitrogen and oxygen atoms in total. The molecule has 1 aromatic carbocycles. The van der Waals surface area contributed by atoms with Crippen molar-refractivity contribution < 1.29 is 4.42 Å². The van der Waals surface area contributed by atoms with E-state index in [-0.39, 0.29) is 6.04 Å². The van der Waals surface area contributed by atoms with E-state index in [0.717, 1.165) is 12.1 Å². The van der Waals surface area contributed by atoms with Gasteiger partial charge >= 0.3 is 0 Å². The van der Waals surface area contributed by atoms with Gasteiger partial charge in [-0.25, -0.2) is 0 Å². The van der Waals surface area contributed by atoms with Gasteiger partial charge in [-0.2, -0.15) is 0 Å². The van der Waals surface area contributed by atoms with Crippen LogP contribution in [0.1, 0.15) is 24.1 Å². The van der Waals surface area contributed by atoms with E-state index >= 15 is 0 Å². The van der Waals surface area contributed by atoms with Gasteiger partial charge in [-0.15, -0.1) is 0 Å². The topological polar surface area (TPSA) is 28.4 Å². The zero-order valence-electron chi connectivity index (χ0n) is 11.2. The van der Waals surface area contributed by atoms with Gasteiger partial charge in [0, 0.05) is 25.3 Å². The Balaban J connectivity index is 2.34. The highest BCUT2D eigenvalue weighted by atomic mass is 16.3. The predicted molar refractivity (Wildman–Crippen MR) is 75.0 cm³/mol. The molecular formula is C15H20N2O. The Labute approximate surface area is 108 Å². The van der Waals surface area contributed by atoms with Crippen molar-refractivity contribution in [2.45, 2.75) is 13.0 Å². The van der Waals surface area contributed by atoms with Crippen molar-refractivity contribution >= 4 is 5.69 Å². The van der Waals surface area contributed by atoms with Gasteiger partial charge in [0.15, 0.2) is 0 Å². The highest BCUT2D eigenvalue weighted by Crippen LogP contribution is 2.25. The Morgan fingerprint density at radius 3 is 2.67 bits per heavy atom. The molecule has 0 spiro atoms. The Hall–Kier alpha value is -1.74. The summed E-state index contributed by atoms with van der Waals surface area (Å²) in [6.45, 7) is 3.03. The highest BCUT2D eigenvalue weighted by Gasteiger charge is 2.14. The molecule has 0 amide bonds. The molecule has 1 N–H and O–H groups in total. The van der Waals surface area contributed by atoms with Crippen LogP contribution >= 0.6 is 0 Å². The predicted octanol–water partition coefficient (Wildman–Crippen LogP) is 3.04. The first-order valence-electron chi connectivity index (χ1n) is 6.25. The minimum atomic E-state index is 0.189. The molecule has 2 aromatic rings. The van der Waals surface area contributed by atoms with Crippen LogP contribution < -0.4 is 10.2 Å². The van der Waals surface area contributed by atoms with Crippen LogP contribution in [0.4, 0.5) is 5.69 Å². The van der Waals surface area contributed by atoms with Gasteiger partial charge in [-0.3, -0.25) is 0 Å². The van der Waals surface area contributed by atoms with Crippen molar-refractivity contribution in [3.8, 4) is 0 Å². The fourth-order valence-electron chi connectivity index (χ4n) is 2.05. The third kappa shape index (κ3) is 2.74. The maximum absolute atomic E-state index is 5.19. The monoisotopic (exact) mass is 244 g/mol. The Bertz CT molecular complexity index is 477. The fourth-order valence-corrected chi connectivity index (χ4v) is 2.05. The Morgan fingerprint density at radius 2 is 2.06 bits per heavy atom. The standard InChI is InChI=1S/C15H20N2O/c1-4-16-15(13-8-9-18-11-13)12-6-5-7-14(10-12)17(2)3/h5-11,15-16H,4H2,1-3H3. The van der Waals surface area contributed by atoms with Crippen molar-refractivity contribution in [2.75, 3.05) is 25.5 Å². The van der Waals surface area contributed by atoms with Gasteiger partial charge in [-0.05, 0) is 30.3 Å². The molecule has 0 aliphatic carbocycles. The van der Waals surface area contributed by atoms with Crippen LogP contribution in [-0.4, -0.2) is 20.6 Å². The minimum absolute atomic E-state index is 0.189. The number of hydrogen-bond acceptors (Lipinski definition) is 3. The summed E-state index contributed by atoms with van der Waals surface area (Å²) in [5.41, 5.74) is 3.62. The number of benzene rings is 1. The smallest absolute Gasteiger partial charge is 0.0953 e. The van der Waals surface area contributed by atoms with Gasteiger partial charge in [0.1, 0.15) is 0 Å². The van der Waals surface area contributed by atoms with E-state index < -0.39 is 0 Å². The number of hydrogen-bond donors (Lipinski definition) is 1. The Morgan fingerprint density at radius 1 is 1.22 bits per heavy atom. The summed E-state index contributed by atoms with van der Waals surface area (Å²) in [5, 5.41) is 3.49. The first-order valence-corrected chi connectivity index (χ1v) is 6.25. The van der Waals surface area contributed by atoms with E-state index in [1.165, 1.54) is 11.3 Å². The largest absolute Gasteiger partial charge is 0.472 e. The molecule has 0 bridgehead atoms. The number of rotatable bonds is 5. The second-order valence-corrected chi connectivity index (χ2v) is 4.54. The quantitative estimate of drug-likeness (QED) is 0.876. The van der Waals surface area contributed by atoms with Crippen molar-refractivity contribution in [1.82, 2.24) is 5.32 Å². The molecule has 1 unspecified atom stereocenters. The SMILES string of the molecule is CCNC(c1ccoc1)c1cccc(N(C)C)c1. The van der Waals surface area contributed by atoms with Gasteiger partial charge in [0.05, 0.1) is 18.6 Å². The second kappa shape index (κ2) is 5.74. The normalized spacial score (nSPS) is 12.4. The number of furan rings is 1. The van der Waals surface area contributed by atoms with E-state index in [4.69, 9.17) is 4.42 Å². The van der Waals surface area contributed by atoms with Crippen molar-refractivity contribution in [2.24, 2.45) is 0 Å². The molecule has 18 heavy (non-hydrogen) atoms. The number of nitrogens with one attached hydrogen (secondary N) is 1. The van der Waals surface area contributed by atoms with Gasteiger partial charge in [0.25, 0.3) is 0 Å². The van der Waals surface area contributed by atoms with E-state index in [1.54, 1.807) is 12.5 Å². The lowest BCUT2D eigenvalue weighted by Crippen LogP contribution is -2.22. The molecule has 2 rings (SSSR count). The molecule has 1 heterocycles.